The molecule has 0 unspecified atom stereocenters. The van der Waals surface area contributed by atoms with E-state index < -0.39 is 0 Å². The Hall–Kier alpha value is -1.42. The Morgan fingerprint density at radius 2 is 1.82 bits per heavy atom. The van der Waals surface area contributed by atoms with Gasteiger partial charge in [-0.25, -0.2) is 4.79 Å². The smallest absolute Gasteiger partial charge is 0.319 e. The maximum absolute atomic E-state index is 12.1. The summed E-state index contributed by atoms with van der Waals surface area (Å²) in [6.45, 7) is 3.69. The molecule has 2 aromatic rings. The lowest BCUT2D eigenvalue weighted by Crippen LogP contribution is -2.31. The van der Waals surface area contributed by atoms with E-state index >= 15 is 0 Å². The Morgan fingerprint density at radius 1 is 1.09 bits per heavy atom. The molecule has 0 spiro atoms. The van der Waals surface area contributed by atoms with Gasteiger partial charge >= 0.3 is 6.03 Å². The number of benzene rings is 2. The molecule has 0 aromatic heterocycles. The number of amides is 2. The van der Waals surface area contributed by atoms with Gasteiger partial charge in [-0.15, -0.1) is 0 Å². The number of nitrogens with one attached hydrogen (secondary N) is 2. The molecule has 6 heteroatoms. The standard InChI is InChI=1S/C16H15Cl3N2O/c1-9-13(18)4-3-5-15(9)21-16(22)20-10(2)12-7-6-11(17)8-14(12)19/h3-8,10H,1-2H3,(H2,20,21,22)/t10-/m0/s1. The second-order valence-electron chi connectivity index (χ2n) is 4.90. The molecule has 0 aliphatic rings. The average molecular weight is 358 g/mol. The van der Waals surface area contributed by atoms with Crippen LogP contribution in [0.1, 0.15) is 24.1 Å². The van der Waals surface area contributed by atoms with Gasteiger partial charge in [0.15, 0.2) is 0 Å². The summed E-state index contributed by atoms with van der Waals surface area (Å²) in [5, 5.41) is 7.28. The Labute approximate surface area is 144 Å². The van der Waals surface area contributed by atoms with Gasteiger partial charge in [0.1, 0.15) is 0 Å². The first kappa shape index (κ1) is 16.9. The summed E-state index contributed by atoms with van der Waals surface area (Å²) >= 11 is 18.0. The van der Waals surface area contributed by atoms with Crippen molar-refractivity contribution in [3.63, 3.8) is 0 Å². The summed E-state index contributed by atoms with van der Waals surface area (Å²) in [5.41, 5.74) is 2.28. The van der Waals surface area contributed by atoms with Crippen molar-refractivity contribution in [2.24, 2.45) is 0 Å². The highest BCUT2D eigenvalue weighted by atomic mass is 35.5. The summed E-state index contributed by atoms with van der Waals surface area (Å²) in [5.74, 6) is 0. The van der Waals surface area contributed by atoms with Crippen molar-refractivity contribution in [2.75, 3.05) is 5.32 Å². The minimum Gasteiger partial charge on any atom is -0.331 e. The SMILES string of the molecule is Cc1c(Cl)cccc1NC(=O)N[C@@H](C)c1ccc(Cl)cc1Cl. The molecule has 0 heterocycles. The maximum Gasteiger partial charge on any atom is 0.319 e. The molecule has 22 heavy (non-hydrogen) atoms. The number of hydrogen-bond acceptors (Lipinski definition) is 1. The summed E-state index contributed by atoms with van der Waals surface area (Å²) in [7, 11) is 0. The van der Waals surface area contributed by atoms with Crippen molar-refractivity contribution in [3.05, 3.63) is 62.6 Å². The Morgan fingerprint density at radius 3 is 2.50 bits per heavy atom. The highest BCUT2D eigenvalue weighted by Crippen LogP contribution is 2.26. The van der Waals surface area contributed by atoms with Crippen LogP contribution in [0.25, 0.3) is 0 Å². The molecule has 0 saturated carbocycles. The van der Waals surface area contributed by atoms with Gasteiger partial charge in [0, 0.05) is 20.8 Å². The molecular formula is C16H15Cl3N2O. The molecule has 0 aliphatic carbocycles. The zero-order valence-corrected chi connectivity index (χ0v) is 14.4. The van der Waals surface area contributed by atoms with Crippen LogP contribution in [-0.2, 0) is 0 Å². The van der Waals surface area contributed by atoms with E-state index in [9.17, 15) is 4.79 Å². The van der Waals surface area contributed by atoms with Gasteiger partial charge in [0.2, 0.25) is 0 Å². The van der Waals surface area contributed by atoms with Crippen LogP contribution in [0.3, 0.4) is 0 Å². The first-order chi connectivity index (χ1) is 10.4. The molecular weight excluding hydrogens is 343 g/mol. The van der Waals surface area contributed by atoms with Gasteiger partial charge in [-0.2, -0.15) is 0 Å². The lowest BCUT2D eigenvalue weighted by Gasteiger charge is -2.17. The zero-order chi connectivity index (χ0) is 16.3. The highest BCUT2D eigenvalue weighted by molar-refractivity contribution is 6.35. The van der Waals surface area contributed by atoms with Crippen molar-refractivity contribution in [3.8, 4) is 0 Å². The second kappa shape index (κ2) is 7.23. The molecule has 2 rings (SSSR count). The monoisotopic (exact) mass is 356 g/mol. The normalized spacial score (nSPS) is 11.9. The molecule has 0 radical (unpaired) electrons. The molecule has 2 amide bonds. The van der Waals surface area contributed by atoms with E-state index in [1.807, 2.05) is 13.8 Å². The summed E-state index contributed by atoms with van der Waals surface area (Å²) in [4.78, 5) is 12.1. The molecule has 0 aliphatic heterocycles. The van der Waals surface area contributed by atoms with Crippen molar-refractivity contribution in [1.29, 1.82) is 0 Å². The van der Waals surface area contributed by atoms with Crippen LogP contribution >= 0.6 is 34.8 Å². The second-order valence-corrected chi connectivity index (χ2v) is 6.15. The van der Waals surface area contributed by atoms with Crippen molar-refractivity contribution < 1.29 is 4.79 Å². The Balaban J connectivity index is 2.07. The lowest BCUT2D eigenvalue weighted by atomic mass is 10.1. The van der Waals surface area contributed by atoms with Gasteiger partial charge in [-0.05, 0) is 49.2 Å². The van der Waals surface area contributed by atoms with E-state index in [2.05, 4.69) is 10.6 Å². The van der Waals surface area contributed by atoms with Crippen LogP contribution in [0.15, 0.2) is 36.4 Å². The number of carbonyl (C=O) groups excluding carboxylic acids is 1. The molecule has 2 N–H and O–H groups in total. The third-order valence-electron chi connectivity index (χ3n) is 3.29. The first-order valence-corrected chi connectivity index (χ1v) is 7.79. The van der Waals surface area contributed by atoms with Crippen LogP contribution < -0.4 is 10.6 Å². The summed E-state index contributed by atoms with van der Waals surface area (Å²) in [6.07, 6.45) is 0. The highest BCUT2D eigenvalue weighted by Gasteiger charge is 2.14. The van der Waals surface area contributed by atoms with E-state index in [0.29, 0.717) is 20.8 Å². The van der Waals surface area contributed by atoms with Crippen molar-refractivity contribution >= 4 is 46.5 Å². The van der Waals surface area contributed by atoms with E-state index in [1.165, 1.54) is 0 Å². The zero-order valence-electron chi connectivity index (χ0n) is 12.1. The molecule has 3 nitrogen and oxygen atoms in total. The Bertz CT molecular complexity index is 704. The molecule has 2 aromatic carbocycles. The number of carbonyl (C=O) groups is 1. The molecule has 0 fully saturated rings. The largest absolute Gasteiger partial charge is 0.331 e. The van der Waals surface area contributed by atoms with Gasteiger partial charge in [-0.3, -0.25) is 0 Å². The summed E-state index contributed by atoms with van der Waals surface area (Å²) in [6, 6.07) is 9.94. The fraction of sp³-hybridized carbons (Fsp3) is 0.188. The minimum atomic E-state index is -0.330. The third-order valence-corrected chi connectivity index (χ3v) is 4.26. The quantitative estimate of drug-likeness (QED) is 0.712. The number of rotatable bonds is 3. The number of urea groups is 1. The van der Waals surface area contributed by atoms with Crippen LogP contribution in [-0.4, -0.2) is 6.03 Å². The number of hydrogen-bond donors (Lipinski definition) is 2. The van der Waals surface area contributed by atoms with Crippen LogP contribution in [0.2, 0.25) is 15.1 Å². The number of halogens is 3. The van der Waals surface area contributed by atoms with E-state index in [1.54, 1.807) is 36.4 Å². The predicted molar refractivity (Wildman–Crippen MR) is 93.2 cm³/mol. The third kappa shape index (κ3) is 4.07. The van der Waals surface area contributed by atoms with Crippen LogP contribution in [0.5, 0.6) is 0 Å². The van der Waals surface area contributed by atoms with Gasteiger partial charge in [0.05, 0.1) is 6.04 Å². The fourth-order valence-corrected chi connectivity index (χ4v) is 2.78. The minimum absolute atomic E-state index is 0.260. The van der Waals surface area contributed by atoms with E-state index in [0.717, 1.165) is 11.1 Å². The summed E-state index contributed by atoms with van der Waals surface area (Å²) < 4.78 is 0. The predicted octanol–water partition coefficient (Wildman–Crippen LogP) is 5.84. The molecule has 116 valence electrons. The van der Waals surface area contributed by atoms with Gasteiger partial charge in [-0.1, -0.05) is 46.9 Å². The van der Waals surface area contributed by atoms with E-state index in [-0.39, 0.29) is 12.1 Å². The van der Waals surface area contributed by atoms with Crippen molar-refractivity contribution in [1.82, 2.24) is 5.32 Å². The van der Waals surface area contributed by atoms with Crippen molar-refractivity contribution in [2.45, 2.75) is 19.9 Å². The van der Waals surface area contributed by atoms with Crippen LogP contribution in [0, 0.1) is 6.92 Å². The van der Waals surface area contributed by atoms with Gasteiger partial charge in [0.25, 0.3) is 0 Å². The van der Waals surface area contributed by atoms with Gasteiger partial charge < -0.3 is 10.6 Å². The molecule has 0 bridgehead atoms. The first-order valence-electron chi connectivity index (χ1n) is 6.66. The topological polar surface area (TPSA) is 41.1 Å². The Kier molecular flexibility index (Phi) is 5.57. The average Bonchev–Trinajstić information content (AvgIpc) is 2.43. The lowest BCUT2D eigenvalue weighted by molar-refractivity contribution is 0.249. The molecule has 1 atom stereocenters. The van der Waals surface area contributed by atoms with Crippen LogP contribution in [0.4, 0.5) is 10.5 Å². The van der Waals surface area contributed by atoms with E-state index in [4.69, 9.17) is 34.8 Å². The maximum atomic E-state index is 12.1. The molecule has 0 saturated heterocycles. The fourth-order valence-electron chi connectivity index (χ4n) is 2.03. The number of anilines is 1.